The molecule has 3 rings (SSSR count). The number of nitrogens with one attached hydrogen (secondary N) is 1. The van der Waals surface area contributed by atoms with E-state index >= 15 is 0 Å². The number of hydrogen-bond acceptors (Lipinski definition) is 7. The number of nitrogens with zero attached hydrogens (tertiary/aromatic N) is 3. The quantitative estimate of drug-likeness (QED) is 0.317. The minimum absolute atomic E-state index is 0.101. The van der Waals surface area contributed by atoms with Gasteiger partial charge >= 0.3 is 0 Å². The van der Waals surface area contributed by atoms with Gasteiger partial charge in [0.15, 0.2) is 4.34 Å². The Hall–Kier alpha value is -2.89. The van der Waals surface area contributed by atoms with E-state index in [0.29, 0.717) is 30.1 Å². The van der Waals surface area contributed by atoms with Crippen LogP contribution in [0.2, 0.25) is 0 Å². The summed E-state index contributed by atoms with van der Waals surface area (Å²) >= 11 is 2.89. The lowest BCUT2D eigenvalue weighted by atomic mass is 10.2. The highest BCUT2D eigenvalue weighted by atomic mass is 32.2. The van der Waals surface area contributed by atoms with Gasteiger partial charge in [0.05, 0.1) is 18.2 Å². The molecule has 0 saturated carbocycles. The molecule has 0 aliphatic carbocycles. The standard InChI is InChI=1S/C20H18N4O2S2/c21-13-15-8-10-16(11-9-15)14-27-20-24-23-19(28-20)22-18(25)7-4-12-26-17-5-2-1-3-6-17/h1-3,5-6,8-11H,4,7,12,14H2,(H,22,23,25). The molecule has 1 amide bonds. The van der Waals surface area contributed by atoms with E-state index in [-0.39, 0.29) is 5.91 Å². The molecule has 0 radical (unpaired) electrons. The number of hydrogen-bond donors (Lipinski definition) is 1. The molecule has 6 nitrogen and oxygen atoms in total. The van der Waals surface area contributed by atoms with Gasteiger partial charge in [-0.25, -0.2) is 0 Å². The number of para-hydroxylation sites is 1. The summed E-state index contributed by atoms with van der Waals surface area (Å²) in [5.74, 6) is 1.43. The molecule has 0 unspecified atom stereocenters. The summed E-state index contributed by atoms with van der Waals surface area (Å²) in [5.41, 5.74) is 1.74. The first-order chi connectivity index (χ1) is 13.7. The van der Waals surface area contributed by atoms with Crippen LogP contribution in [-0.4, -0.2) is 22.7 Å². The van der Waals surface area contributed by atoms with Crippen LogP contribution < -0.4 is 10.1 Å². The average Bonchev–Trinajstić information content (AvgIpc) is 3.18. The van der Waals surface area contributed by atoms with Crippen LogP contribution in [0, 0.1) is 11.3 Å². The van der Waals surface area contributed by atoms with E-state index in [1.807, 2.05) is 42.5 Å². The maximum absolute atomic E-state index is 12.0. The van der Waals surface area contributed by atoms with Crippen molar-refractivity contribution in [3.63, 3.8) is 0 Å². The van der Waals surface area contributed by atoms with E-state index in [1.54, 1.807) is 23.9 Å². The van der Waals surface area contributed by atoms with Gasteiger partial charge in [-0.2, -0.15) is 5.26 Å². The van der Waals surface area contributed by atoms with Gasteiger partial charge in [0.1, 0.15) is 5.75 Å². The first kappa shape index (κ1) is 19.9. The number of amides is 1. The van der Waals surface area contributed by atoms with Crippen LogP contribution in [-0.2, 0) is 10.5 Å². The fraction of sp³-hybridized carbons (Fsp3) is 0.200. The minimum atomic E-state index is -0.101. The maximum Gasteiger partial charge on any atom is 0.226 e. The SMILES string of the molecule is N#Cc1ccc(CSc2nnc(NC(=O)CCCOc3ccccc3)s2)cc1. The Labute approximate surface area is 171 Å². The van der Waals surface area contributed by atoms with Crippen molar-refractivity contribution >= 4 is 34.1 Å². The third-order valence-corrected chi connectivity index (χ3v) is 5.70. The van der Waals surface area contributed by atoms with Crippen LogP contribution in [0.5, 0.6) is 5.75 Å². The number of ether oxygens (including phenoxy) is 1. The molecule has 142 valence electrons. The minimum Gasteiger partial charge on any atom is -0.494 e. The molecule has 3 aromatic rings. The molecule has 0 aliphatic heterocycles. The van der Waals surface area contributed by atoms with E-state index in [9.17, 15) is 4.79 Å². The topological polar surface area (TPSA) is 87.9 Å². The number of thioether (sulfide) groups is 1. The number of carbonyl (C=O) groups excluding carboxylic acids is 1. The van der Waals surface area contributed by atoms with Crippen molar-refractivity contribution in [2.24, 2.45) is 0 Å². The van der Waals surface area contributed by atoms with Crippen molar-refractivity contribution in [2.45, 2.75) is 22.9 Å². The molecule has 1 N–H and O–H groups in total. The Morgan fingerprint density at radius 2 is 1.93 bits per heavy atom. The van der Waals surface area contributed by atoms with Gasteiger partial charge in [-0.15, -0.1) is 10.2 Å². The predicted molar refractivity (Wildman–Crippen MR) is 110 cm³/mol. The van der Waals surface area contributed by atoms with Gasteiger partial charge in [0, 0.05) is 12.2 Å². The lowest BCUT2D eigenvalue weighted by Crippen LogP contribution is -2.12. The summed E-state index contributed by atoms with van der Waals surface area (Å²) < 4.78 is 6.36. The number of aromatic nitrogens is 2. The average molecular weight is 411 g/mol. The molecule has 8 heteroatoms. The largest absolute Gasteiger partial charge is 0.494 e. The highest BCUT2D eigenvalue weighted by molar-refractivity contribution is 8.00. The molecule has 2 aromatic carbocycles. The van der Waals surface area contributed by atoms with Gasteiger partial charge in [-0.1, -0.05) is 53.4 Å². The van der Waals surface area contributed by atoms with Crippen molar-refractivity contribution in [1.82, 2.24) is 10.2 Å². The van der Waals surface area contributed by atoms with E-state index in [1.165, 1.54) is 11.3 Å². The van der Waals surface area contributed by atoms with Crippen molar-refractivity contribution in [3.05, 3.63) is 65.7 Å². The monoisotopic (exact) mass is 410 g/mol. The lowest BCUT2D eigenvalue weighted by molar-refractivity contribution is -0.116. The highest BCUT2D eigenvalue weighted by Gasteiger charge is 2.09. The van der Waals surface area contributed by atoms with Crippen LogP contribution in [0.25, 0.3) is 0 Å². The van der Waals surface area contributed by atoms with Crippen molar-refractivity contribution in [1.29, 1.82) is 5.26 Å². The Bertz CT molecular complexity index is 937. The second kappa shape index (κ2) is 10.4. The zero-order chi connectivity index (χ0) is 19.6. The second-order valence-electron chi connectivity index (χ2n) is 5.78. The van der Waals surface area contributed by atoms with E-state index in [0.717, 1.165) is 21.4 Å². The molecule has 0 spiro atoms. The van der Waals surface area contributed by atoms with E-state index in [2.05, 4.69) is 21.6 Å². The summed E-state index contributed by atoms with van der Waals surface area (Å²) in [4.78, 5) is 12.0. The normalized spacial score (nSPS) is 10.2. The van der Waals surface area contributed by atoms with E-state index in [4.69, 9.17) is 10.00 Å². The number of nitriles is 1. The number of carbonyl (C=O) groups is 1. The fourth-order valence-electron chi connectivity index (χ4n) is 2.26. The van der Waals surface area contributed by atoms with Crippen LogP contribution in [0.1, 0.15) is 24.0 Å². The molecule has 0 bridgehead atoms. The Morgan fingerprint density at radius 3 is 2.68 bits per heavy atom. The molecule has 0 aliphatic rings. The first-order valence-electron chi connectivity index (χ1n) is 8.66. The van der Waals surface area contributed by atoms with Gasteiger partial charge in [-0.3, -0.25) is 4.79 Å². The summed E-state index contributed by atoms with van der Waals surface area (Å²) in [7, 11) is 0. The number of anilines is 1. The van der Waals surface area contributed by atoms with E-state index < -0.39 is 0 Å². The third kappa shape index (κ3) is 6.37. The van der Waals surface area contributed by atoms with Crippen LogP contribution in [0.3, 0.4) is 0 Å². The molecule has 1 heterocycles. The summed E-state index contributed by atoms with van der Waals surface area (Å²) in [6, 6.07) is 19.1. The Balaban J connectivity index is 1.37. The van der Waals surface area contributed by atoms with Crippen molar-refractivity contribution < 1.29 is 9.53 Å². The summed E-state index contributed by atoms with van der Waals surface area (Å²) in [6.07, 6.45) is 0.986. The van der Waals surface area contributed by atoms with Crippen molar-refractivity contribution in [2.75, 3.05) is 11.9 Å². The molecular formula is C20H18N4O2S2. The number of benzene rings is 2. The Kier molecular flexibility index (Phi) is 7.41. The van der Waals surface area contributed by atoms with Crippen molar-refractivity contribution in [3.8, 4) is 11.8 Å². The predicted octanol–water partition coefficient (Wildman–Crippen LogP) is 4.50. The fourth-order valence-corrected chi connectivity index (χ4v) is 3.98. The lowest BCUT2D eigenvalue weighted by Gasteiger charge is -2.05. The molecule has 0 fully saturated rings. The summed E-state index contributed by atoms with van der Waals surface area (Å²) in [5, 5.41) is 20.2. The second-order valence-corrected chi connectivity index (χ2v) is 7.98. The smallest absolute Gasteiger partial charge is 0.226 e. The zero-order valence-electron chi connectivity index (χ0n) is 15.0. The van der Waals surface area contributed by atoms with Gasteiger partial charge in [-0.05, 0) is 36.2 Å². The molecular weight excluding hydrogens is 392 g/mol. The van der Waals surface area contributed by atoms with Gasteiger partial charge in [0.2, 0.25) is 11.0 Å². The summed E-state index contributed by atoms with van der Waals surface area (Å²) in [6.45, 7) is 0.485. The third-order valence-electron chi connectivity index (χ3n) is 3.66. The maximum atomic E-state index is 12.0. The first-order valence-corrected chi connectivity index (χ1v) is 10.5. The highest BCUT2D eigenvalue weighted by Crippen LogP contribution is 2.28. The number of rotatable bonds is 9. The van der Waals surface area contributed by atoms with Crippen LogP contribution in [0.4, 0.5) is 5.13 Å². The van der Waals surface area contributed by atoms with Gasteiger partial charge < -0.3 is 10.1 Å². The van der Waals surface area contributed by atoms with Gasteiger partial charge in [0.25, 0.3) is 0 Å². The van der Waals surface area contributed by atoms with Crippen LogP contribution in [0.15, 0.2) is 58.9 Å². The molecule has 0 atom stereocenters. The molecule has 28 heavy (non-hydrogen) atoms. The zero-order valence-corrected chi connectivity index (χ0v) is 16.6. The van der Waals surface area contributed by atoms with Crippen LogP contribution >= 0.6 is 23.1 Å². The molecule has 1 aromatic heterocycles. The molecule has 0 saturated heterocycles. The Morgan fingerprint density at radius 1 is 1.14 bits per heavy atom.